The van der Waals surface area contributed by atoms with E-state index in [1.54, 1.807) is 16.9 Å². The SMILES string of the molecule is Cc1ccc(NS(=O)(=O)C(F)(F)F)c(/C(=N/OCC2CCCCC2)C2CCCCC2)c1. The van der Waals surface area contributed by atoms with Crippen LogP contribution in [-0.4, -0.2) is 26.2 Å². The van der Waals surface area contributed by atoms with E-state index in [-0.39, 0.29) is 11.6 Å². The molecule has 174 valence electrons. The number of nitrogens with zero attached hydrogens (tertiary/aromatic N) is 1. The number of alkyl halides is 3. The highest BCUT2D eigenvalue weighted by Gasteiger charge is 2.46. The summed E-state index contributed by atoms with van der Waals surface area (Å²) in [5.74, 6) is 0.460. The molecule has 1 aromatic carbocycles. The Bertz CT molecular complexity index is 872. The highest BCUT2D eigenvalue weighted by molar-refractivity contribution is 7.93. The Kier molecular flexibility index (Phi) is 7.88. The van der Waals surface area contributed by atoms with Gasteiger partial charge in [-0.25, -0.2) is 0 Å². The van der Waals surface area contributed by atoms with Crippen LogP contribution in [0.5, 0.6) is 0 Å². The van der Waals surface area contributed by atoms with E-state index in [1.807, 2.05) is 6.92 Å². The molecule has 2 fully saturated rings. The quantitative estimate of drug-likeness (QED) is 0.393. The van der Waals surface area contributed by atoms with Crippen molar-refractivity contribution in [3.8, 4) is 0 Å². The van der Waals surface area contributed by atoms with E-state index < -0.39 is 15.5 Å². The van der Waals surface area contributed by atoms with Crippen LogP contribution in [0.4, 0.5) is 18.9 Å². The summed E-state index contributed by atoms with van der Waals surface area (Å²) in [5, 5.41) is 4.41. The summed E-state index contributed by atoms with van der Waals surface area (Å²) in [5.41, 5.74) is -3.80. The summed E-state index contributed by atoms with van der Waals surface area (Å²) >= 11 is 0. The summed E-state index contributed by atoms with van der Waals surface area (Å²) in [4.78, 5) is 5.72. The van der Waals surface area contributed by atoms with Crippen LogP contribution in [0.1, 0.15) is 75.3 Å². The zero-order valence-electron chi connectivity index (χ0n) is 17.9. The molecule has 0 saturated heterocycles. The van der Waals surface area contributed by atoms with Crippen LogP contribution in [0.2, 0.25) is 0 Å². The van der Waals surface area contributed by atoms with Crippen LogP contribution in [0, 0.1) is 18.8 Å². The van der Waals surface area contributed by atoms with Crippen molar-refractivity contribution in [2.24, 2.45) is 17.0 Å². The van der Waals surface area contributed by atoms with Crippen molar-refractivity contribution in [1.82, 2.24) is 0 Å². The van der Waals surface area contributed by atoms with Crippen molar-refractivity contribution >= 4 is 21.4 Å². The van der Waals surface area contributed by atoms with E-state index in [1.165, 1.54) is 25.3 Å². The molecule has 3 rings (SSSR count). The zero-order chi connectivity index (χ0) is 22.5. The highest BCUT2D eigenvalue weighted by Crippen LogP contribution is 2.33. The fourth-order valence-electron chi connectivity index (χ4n) is 4.45. The predicted molar refractivity (Wildman–Crippen MR) is 115 cm³/mol. The molecule has 0 spiro atoms. The minimum atomic E-state index is -5.53. The molecule has 9 heteroatoms. The Morgan fingerprint density at radius 3 is 2.29 bits per heavy atom. The van der Waals surface area contributed by atoms with Gasteiger partial charge in [-0.05, 0) is 50.7 Å². The summed E-state index contributed by atoms with van der Waals surface area (Å²) in [6.07, 6.45) is 10.6. The molecule has 2 aliphatic rings. The van der Waals surface area contributed by atoms with Crippen LogP contribution >= 0.6 is 0 Å². The first-order chi connectivity index (χ1) is 14.7. The third kappa shape index (κ3) is 6.37. The fraction of sp³-hybridized carbons (Fsp3) is 0.682. The van der Waals surface area contributed by atoms with Crippen LogP contribution < -0.4 is 4.72 Å². The van der Waals surface area contributed by atoms with Gasteiger partial charge in [0.25, 0.3) is 0 Å². The predicted octanol–water partition coefficient (Wildman–Crippen LogP) is 6.14. The number of hydrogen-bond acceptors (Lipinski definition) is 4. The molecule has 31 heavy (non-hydrogen) atoms. The Hall–Kier alpha value is -1.77. The van der Waals surface area contributed by atoms with Gasteiger partial charge in [-0.15, -0.1) is 0 Å². The minimum absolute atomic E-state index is 0.0241. The number of halogens is 3. The second-order valence-electron chi connectivity index (χ2n) is 8.71. The first-order valence-electron chi connectivity index (χ1n) is 11.1. The second-order valence-corrected chi connectivity index (χ2v) is 10.4. The number of nitrogens with one attached hydrogen (secondary N) is 1. The standard InChI is InChI=1S/C22H31F3N2O3S/c1-16-12-13-20(27-31(28,29)22(23,24)25)19(14-16)21(18-10-6-3-7-11-18)26-30-15-17-8-4-2-5-9-17/h12-14,17-18,27H,2-11,15H2,1H3/b26-21+. The molecule has 0 unspecified atom stereocenters. The van der Waals surface area contributed by atoms with Gasteiger partial charge >= 0.3 is 15.5 Å². The Balaban J connectivity index is 1.91. The lowest BCUT2D eigenvalue weighted by Gasteiger charge is -2.26. The molecule has 5 nitrogen and oxygen atoms in total. The normalized spacial score (nSPS) is 19.9. The number of oxime groups is 1. The summed E-state index contributed by atoms with van der Waals surface area (Å²) in [6, 6.07) is 4.64. The monoisotopic (exact) mass is 460 g/mol. The molecule has 0 amide bonds. The van der Waals surface area contributed by atoms with Crippen LogP contribution in [0.3, 0.4) is 0 Å². The van der Waals surface area contributed by atoms with Gasteiger partial charge in [0.05, 0.1) is 11.4 Å². The lowest BCUT2D eigenvalue weighted by molar-refractivity contribution is -0.0429. The zero-order valence-corrected chi connectivity index (χ0v) is 18.7. The number of hydrogen-bond donors (Lipinski definition) is 1. The fourth-order valence-corrected chi connectivity index (χ4v) is 5.03. The van der Waals surface area contributed by atoms with Crippen molar-refractivity contribution in [3.63, 3.8) is 0 Å². The van der Waals surface area contributed by atoms with Crippen LogP contribution in [0.15, 0.2) is 23.4 Å². The molecule has 0 heterocycles. The maximum Gasteiger partial charge on any atom is 0.516 e. The maximum absolute atomic E-state index is 13.0. The third-order valence-electron chi connectivity index (χ3n) is 6.19. The van der Waals surface area contributed by atoms with Gasteiger partial charge in [0, 0.05) is 11.5 Å². The van der Waals surface area contributed by atoms with Crippen LogP contribution in [-0.2, 0) is 14.9 Å². The van der Waals surface area contributed by atoms with E-state index in [2.05, 4.69) is 5.16 Å². The molecule has 2 aliphatic carbocycles. The lowest BCUT2D eigenvalue weighted by atomic mass is 9.82. The van der Waals surface area contributed by atoms with Gasteiger partial charge < -0.3 is 4.84 Å². The smallest absolute Gasteiger partial charge is 0.395 e. The number of benzene rings is 1. The Morgan fingerprint density at radius 1 is 1.06 bits per heavy atom. The van der Waals surface area contributed by atoms with Crippen molar-refractivity contribution < 1.29 is 26.4 Å². The molecule has 0 atom stereocenters. The Labute approximate surface area is 182 Å². The molecule has 1 N–H and O–H groups in total. The topological polar surface area (TPSA) is 67.8 Å². The number of aryl methyl sites for hydroxylation is 1. The average molecular weight is 461 g/mol. The van der Waals surface area contributed by atoms with Crippen LogP contribution in [0.25, 0.3) is 0 Å². The molecule has 0 aliphatic heterocycles. The van der Waals surface area contributed by atoms with E-state index in [9.17, 15) is 21.6 Å². The number of sulfonamides is 1. The van der Waals surface area contributed by atoms with Gasteiger partial charge in [0.1, 0.15) is 6.61 Å². The highest BCUT2D eigenvalue weighted by atomic mass is 32.2. The minimum Gasteiger partial charge on any atom is -0.395 e. The summed E-state index contributed by atoms with van der Waals surface area (Å²) in [7, 11) is -5.53. The first kappa shape index (κ1) is 23.9. The van der Waals surface area contributed by atoms with Gasteiger partial charge in [-0.1, -0.05) is 55.3 Å². The molecular formula is C22H31F3N2O3S. The third-order valence-corrected chi connectivity index (χ3v) is 7.29. The largest absolute Gasteiger partial charge is 0.516 e. The van der Waals surface area contributed by atoms with Gasteiger partial charge in [-0.3, -0.25) is 4.72 Å². The molecule has 2 saturated carbocycles. The molecule has 0 bridgehead atoms. The van der Waals surface area contributed by atoms with Gasteiger partial charge in [-0.2, -0.15) is 21.6 Å². The molecule has 0 aromatic heterocycles. The van der Waals surface area contributed by atoms with Crippen molar-refractivity contribution in [3.05, 3.63) is 29.3 Å². The molecular weight excluding hydrogens is 429 g/mol. The maximum atomic E-state index is 13.0. The van der Waals surface area contributed by atoms with Gasteiger partial charge in [0.2, 0.25) is 0 Å². The lowest BCUT2D eigenvalue weighted by Crippen LogP contribution is -2.31. The summed E-state index contributed by atoms with van der Waals surface area (Å²) < 4.78 is 64.2. The first-order valence-corrected chi connectivity index (χ1v) is 12.6. The molecule has 1 aromatic rings. The van der Waals surface area contributed by atoms with E-state index in [0.29, 0.717) is 23.8 Å². The van der Waals surface area contributed by atoms with Crippen molar-refractivity contribution in [1.29, 1.82) is 0 Å². The van der Waals surface area contributed by atoms with E-state index in [0.717, 1.165) is 50.5 Å². The van der Waals surface area contributed by atoms with Crippen molar-refractivity contribution in [2.75, 3.05) is 11.3 Å². The second kappa shape index (κ2) is 10.2. The average Bonchev–Trinajstić information content (AvgIpc) is 2.73. The van der Waals surface area contributed by atoms with E-state index >= 15 is 0 Å². The summed E-state index contributed by atoms with van der Waals surface area (Å²) in [6.45, 7) is 2.29. The van der Waals surface area contributed by atoms with Crippen molar-refractivity contribution in [2.45, 2.75) is 76.6 Å². The molecule has 0 radical (unpaired) electrons. The van der Waals surface area contributed by atoms with Gasteiger partial charge in [0.15, 0.2) is 0 Å². The van der Waals surface area contributed by atoms with E-state index in [4.69, 9.17) is 4.84 Å². The number of anilines is 1. The Morgan fingerprint density at radius 2 is 1.68 bits per heavy atom. The number of rotatable bonds is 7.